The van der Waals surface area contributed by atoms with Crippen molar-refractivity contribution in [3.63, 3.8) is 0 Å². The van der Waals surface area contributed by atoms with Crippen LogP contribution < -0.4 is 5.30 Å². The maximum absolute atomic E-state index is 14.0. The molecule has 21 heavy (non-hydrogen) atoms. The van der Waals surface area contributed by atoms with Crippen LogP contribution in [0.15, 0.2) is 18.2 Å². The first kappa shape index (κ1) is 14.7. The Labute approximate surface area is 125 Å². The van der Waals surface area contributed by atoms with E-state index in [2.05, 4.69) is 18.8 Å². The fourth-order valence-electron chi connectivity index (χ4n) is 3.31. The molecule has 1 aromatic heterocycles. The average Bonchev–Trinajstić information content (AvgIpc) is 2.86. The second-order valence-electron chi connectivity index (χ2n) is 6.32. The molecular formula is C17H21FNOP. The molecule has 0 bridgehead atoms. The van der Waals surface area contributed by atoms with E-state index in [4.69, 9.17) is 0 Å². The summed E-state index contributed by atoms with van der Waals surface area (Å²) in [5.41, 5.74) is 2.25. The van der Waals surface area contributed by atoms with Gasteiger partial charge in [0, 0.05) is 23.0 Å². The predicted molar refractivity (Wildman–Crippen MR) is 86.7 cm³/mol. The molecule has 1 fully saturated rings. The third-order valence-electron chi connectivity index (χ3n) is 4.45. The highest BCUT2D eigenvalue weighted by Crippen LogP contribution is 2.53. The maximum Gasteiger partial charge on any atom is 0.145 e. The van der Waals surface area contributed by atoms with Crippen LogP contribution in [-0.2, 0) is 4.57 Å². The van der Waals surface area contributed by atoms with Gasteiger partial charge in [0.15, 0.2) is 0 Å². The Balaban J connectivity index is 2.39. The summed E-state index contributed by atoms with van der Waals surface area (Å²) >= 11 is 0. The van der Waals surface area contributed by atoms with E-state index in [1.807, 2.05) is 12.1 Å². The summed E-state index contributed by atoms with van der Waals surface area (Å²) in [7, 11) is -2.40. The smallest absolute Gasteiger partial charge is 0.145 e. The summed E-state index contributed by atoms with van der Waals surface area (Å²) in [5.74, 6) is -0.0318. The van der Waals surface area contributed by atoms with Crippen molar-refractivity contribution < 1.29 is 8.96 Å². The molecule has 1 aromatic carbocycles. The van der Waals surface area contributed by atoms with E-state index in [0.717, 1.165) is 46.9 Å². The van der Waals surface area contributed by atoms with Crippen LogP contribution in [0.25, 0.3) is 10.9 Å². The van der Waals surface area contributed by atoms with Gasteiger partial charge < -0.3 is 4.57 Å². The molecule has 112 valence electrons. The summed E-state index contributed by atoms with van der Waals surface area (Å²) in [5, 5.41) is 1.66. The molecule has 1 aliphatic heterocycles. The highest BCUT2D eigenvalue weighted by molar-refractivity contribution is 7.72. The van der Waals surface area contributed by atoms with Crippen LogP contribution in [0.5, 0.6) is 0 Å². The molecule has 4 heteroatoms. The quantitative estimate of drug-likeness (QED) is 0.760. The lowest BCUT2D eigenvalue weighted by Crippen LogP contribution is -2.16. The number of nitrogens with zero attached hydrogens (tertiary/aromatic N) is 1. The zero-order valence-corrected chi connectivity index (χ0v) is 13.7. The minimum atomic E-state index is -2.40. The molecule has 0 atom stereocenters. The highest BCUT2D eigenvalue weighted by atomic mass is 31.2. The van der Waals surface area contributed by atoms with E-state index < -0.39 is 7.14 Å². The van der Waals surface area contributed by atoms with E-state index in [1.54, 1.807) is 6.92 Å². The molecule has 0 saturated carbocycles. The number of hydrogen-bond donors (Lipinski definition) is 0. The van der Waals surface area contributed by atoms with E-state index in [-0.39, 0.29) is 11.7 Å². The largest absolute Gasteiger partial charge is 0.319 e. The molecule has 3 rings (SSSR count). The summed E-state index contributed by atoms with van der Waals surface area (Å²) in [6, 6.07) is 5.50. The molecule has 0 unspecified atom stereocenters. The molecule has 1 saturated heterocycles. The minimum Gasteiger partial charge on any atom is -0.319 e. The molecular weight excluding hydrogens is 284 g/mol. The van der Waals surface area contributed by atoms with Gasteiger partial charge in [0.05, 0.1) is 11.2 Å². The van der Waals surface area contributed by atoms with E-state index in [1.165, 1.54) is 6.07 Å². The highest BCUT2D eigenvalue weighted by Gasteiger charge is 2.33. The van der Waals surface area contributed by atoms with E-state index in [0.29, 0.717) is 5.69 Å². The van der Waals surface area contributed by atoms with Gasteiger partial charge in [-0.3, -0.25) is 4.98 Å². The number of rotatable bonds is 2. The van der Waals surface area contributed by atoms with Crippen LogP contribution in [0.3, 0.4) is 0 Å². The molecule has 1 aliphatic rings. The number of aromatic nitrogens is 1. The monoisotopic (exact) mass is 305 g/mol. The van der Waals surface area contributed by atoms with Gasteiger partial charge in [0.25, 0.3) is 0 Å². The van der Waals surface area contributed by atoms with Crippen LogP contribution in [0.4, 0.5) is 4.39 Å². The van der Waals surface area contributed by atoms with Crippen molar-refractivity contribution in [3.05, 3.63) is 35.3 Å². The fourth-order valence-corrected chi connectivity index (χ4v) is 6.87. The number of aryl methyl sites for hydroxylation is 1. The van der Waals surface area contributed by atoms with Crippen molar-refractivity contribution in [3.8, 4) is 0 Å². The van der Waals surface area contributed by atoms with Gasteiger partial charge in [0.2, 0.25) is 0 Å². The Kier molecular flexibility index (Phi) is 3.65. The maximum atomic E-state index is 14.0. The number of hydrogen-bond acceptors (Lipinski definition) is 2. The summed E-state index contributed by atoms with van der Waals surface area (Å²) in [6.07, 6.45) is 3.52. The number of halogens is 1. The van der Waals surface area contributed by atoms with Crippen LogP contribution in [0, 0.1) is 12.7 Å². The van der Waals surface area contributed by atoms with Crippen molar-refractivity contribution in [2.24, 2.45) is 0 Å². The average molecular weight is 305 g/mol. The van der Waals surface area contributed by atoms with Crippen LogP contribution in [-0.4, -0.2) is 17.3 Å². The lowest BCUT2D eigenvalue weighted by Gasteiger charge is -2.21. The number of fused-ring (bicyclic) bond motifs is 1. The molecule has 2 nitrogen and oxygen atoms in total. The topological polar surface area (TPSA) is 30.0 Å². The van der Waals surface area contributed by atoms with Gasteiger partial charge in [-0.2, -0.15) is 0 Å². The molecule has 2 aromatic rings. The first-order valence-corrected chi connectivity index (χ1v) is 9.68. The van der Waals surface area contributed by atoms with Gasteiger partial charge in [-0.15, -0.1) is 0 Å². The Morgan fingerprint density at radius 2 is 1.90 bits per heavy atom. The van der Waals surface area contributed by atoms with E-state index >= 15 is 0 Å². The fraction of sp³-hybridized carbons (Fsp3) is 0.471. The van der Waals surface area contributed by atoms with Crippen LogP contribution >= 0.6 is 7.14 Å². The summed E-state index contributed by atoms with van der Waals surface area (Å²) in [4.78, 5) is 4.34. The molecule has 0 spiro atoms. The van der Waals surface area contributed by atoms with Crippen molar-refractivity contribution in [1.82, 2.24) is 4.98 Å². The van der Waals surface area contributed by atoms with Crippen molar-refractivity contribution in [1.29, 1.82) is 0 Å². The first-order valence-electron chi connectivity index (χ1n) is 7.61. The molecule has 0 amide bonds. The van der Waals surface area contributed by atoms with Gasteiger partial charge >= 0.3 is 0 Å². The third-order valence-corrected chi connectivity index (χ3v) is 7.84. The normalized spacial score (nSPS) is 17.8. The Morgan fingerprint density at radius 1 is 1.24 bits per heavy atom. The first-order chi connectivity index (χ1) is 9.92. The lowest BCUT2D eigenvalue weighted by atomic mass is 10.0. The zero-order valence-electron chi connectivity index (χ0n) is 12.8. The molecule has 2 heterocycles. The van der Waals surface area contributed by atoms with Gasteiger partial charge in [-0.05, 0) is 43.4 Å². The SMILES string of the molecule is Cc1nc2ccc(C(C)C)c(P3(=O)CCCC3)c2cc1F. The van der Waals surface area contributed by atoms with Crippen molar-refractivity contribution in [2.75, 3.05) is 12.3 Å². The van der Waals surface area contributed by atoms with Crippen molar-refractivity contribution >= 4 is 23.3 Å². The van der Waals surface area contributed by atoms with E-state index in [9.17, 15) is 8.96 Å². The number of benzene rings is 1. The molecule has 0 N–H and O–H groups in total. The second kappa shape index (κ2) is 5.21. The number of pyridine rings is 1. The Hall–Kier alpha value is -1.21. The lowest BCUT2D eigenvalue weighted by molar-refractivity contribution is 0.584. The minimum absolute atomic E-state index is 0.278. The van der Waals surface area contributed by atoms with Crippen molar-refractivity contribution in [2.45, 2.75) is 39.5 Å². The van der Waals surface area contributed by atoms with Crippen LogP contribution in [0.2, 0.25) is 0 Å². The second-order valence-corrected chi connectivity index (χ2v) is 9.44. The third kappa shape index (κ3) is 2.42. The van der Waals surface area contributed by atoms with Gasteiger partial charge in [-0.1, -0.05) is 19.9 Å². The Bertz CT molecular complexity index is 744. The van der Waals surface area contributed by atoms with Gasteiger partial charge in [-0.25, -0.2) is 4.39 Å². The standard InChI is InChI=1S/C17H21FNOP/c1-11(2)13-6-7-16-14(10-15(18)12(3)19-16)17(13)21(20)8-4-5-9-21/h6-7,10-11H,4-5,8-9H2,1-3H3. The summed E-state index contributed by atoms with van der Waals surface area (Å²) < 4.78 is 27.4. The van der Waals surface area contributed by atoms with Crippen LogP contribution in [0.1, 0.15) is 43.9 Å². The zero-order chi connectivity index (χ0) is 15.2. The molecule has 0 radical (unpaired) electrons. The molecule has 0 aliphatic carbocycles. The summed E-state index contributed by atoms with van der Waals surface area (Å²) in [6.45, 7) is 5.87. The predicted octanol–water partition coefficient (Wildman–Crippen LogP) is 4.59. The van der Waals surface area contributed by atoms with Gasteiger partial charge in [0.1, 0.15) is 13.0 Å². The Morgan fingerprint density at radius 3 is 2.52 bits per heavy atom.